The van der Waals surface area contributed by atoms with E-state index in [1.54, 1.807) is 12.1 Å². The molecule has 156 valence electrons. The SMILES string of the molecule is C#CC1=c2cc3c(cc2-c2ccc(C(F)(F)F)cc21)=C(C#C)c1cc(C(F)(F)F)ccc1-3. The van der Waals surface area contributed by atoms with Gasteiger partial charge in [0.2, 0.25) is 0 Å². The van der Waals surface area contributed by atoms with E-state index in [4.69, 9.17) is 12.8 Å². The summed E-state index contributed by atoms with van der Waals surface area (Å²) in [5.74, 6) is 4.96. The van der Waals surface area contributed by atoms with Gasteiger partial charge in [-0.05, 0) is 80.2 Å². The third-order valence-corrected chi connectivity index (χ3v) is 5.80. The minimum Gasteiger partial charge on any atom is -0.166 e. The zero-order chi connectivity index (χ0) is 23.0. The van der Waals surface area contributed by atoms with Gasteiger partial charge in [0.15, 0.2) is 0 Å². The number of halogens is 6. The van der Waals surface area contributed by atoms with Crippen molar-refractivity contribution >= 4 is 11.1 Å². The minimum atomic E-state index is -4.52. The molecule has 0 saturated heterocycles. The molecule has 0 unspecified atom stereocenters. The predicted molar refractivity (Wildman–Crippen MR) is 109 cm³/mol. The second-order valence-electron chi connectivity index (χ2n) is 7.50. The Morgan fingerprint density at radius 2 is 0.875 bits per heavy atom. The predicted octanol–water partition coefficient (Wildman–Crippen LogP) is 5.35. The molecule has 32 heavy (non-hydrogen) atoms. The van der Waals surface area contributed by atoms with Gasteiger partial charge in [0.05, 0.1) is 11.1 Å². The molecule has 3 aromatic carbocycles. The zero-order valence-corrected chi connectivity index (χ0v) is 16.0. The van der Waals surface area contributed by atoms with Crippen molar-refractivity contribution in [3.05, 3.63) is 81.2 Å². The fourth-order valence-electron chi connectivity index (χ4n) is 4.38. The third kappa shape index (κ3) is 2.70. The highest BCUT2D eigenvalue weighted by atomic mass is 19.4. The van der Waals surface area contributed by atoms with E-state index in [1.165, 1.54) is 12.1 Å². The van der Waals surface area contributed by atoms with Crippen molar-refractivity contribution in [3.63, 3.8) is 0 Å². The number of fused-ring (bicyclic) bond motifs is 6. The Balaban J connectivity index is 1.82. The van der Waals surface area contributed by atoms with Crippen molar-refractivity contribution in [2.45, 2.75) is 12.4 Å². The summed E-state index contributed by atoms with van der Waals surface area (Å²) in [6, 6.07) is 10.1. The summed E-state index contributed by atoms with van der Waals surface area (Å²) in [6.45, 7) is 0. The first kappa shape index (κ1) is 20.0. The van der Waals surface area contributed by atoms with Crippen LogP contribution in [0.25, 0.3) is 33.4 Å². The summed E-state index contributed by atoms with van der Waals surface area (Å²) < 4.78 is 79.3. The molecule has 2 aliphatic carbocycles. The van der Waals surface area contributed by atoms with E-state index in [-0.39, 0.29) is 11.1 Å². The number of hydrogen-bond acceptors (Lipinski definition) is 0. The number of alkyl halides is 6. The van der Waals surface area contributed by atoms with E-state index in [2.05, 4.69) is 11.8 Å². The quantitative estimate of drug-likeness (QED) is 0.329. The van der Waals surface area contributed by atoms with Gasteiger partial charge in [0.1, 0.15) is 0 Å². The lowest BCUT2D eigenvalue weighted by Crippen LogP contribution is -2.13. The average molecular weight is 436 g/mol. The Kier molecular flexibility index (Phi) is 3.95. The summed E-state index contributed by atoms with van der Waals surface area (Å²) >= 11 is 0. The molecule has 0 radical (unpaired) electrons. The highest BCUT2D eigenvalue weighted by Crippen LogP contribution is 2.40. The first-order valence-electron chi connectivity index (χ1n) is 9.34. The maximum atomic E-state index is 13.2. The monoisotopic (exact) mass is 436 g/mol. The average Bonchev–Trinajstić information content (AvgIpc) is 3.21. The molecule has 0 N–H and O–H groups in total. The molecule has 0 spiro atoms. The maximum Gasteiger partial charge on any atom is 0.416 e. The van der Waals surface area contributed by atoms with Gasteiger partial charge in [-0.3, -0.25) is 0 Å². The van der Waals surface area contributed by atoms with E-state index in [1.807, 2.05) is 0 Å². The highest BCUT2D eigenvalue weighted by molar-refractivity contribution is 6.00. The van der Waals surface area contributed by atoms with Gasteiger partial charge in [0, 0.05) is 11.1 Å². The van der Waals surface area contributed by atoms with Crippen LogP contribution < -0.4 is 10.4 Å². The van der Waals surface area contributed by atoms with Crippen LogP contribution in [0.3, 0.4) is 0 Å². The van der Waals surface area contributed by atoms with Gasteiger partial charge < -0.3 is 0 Å². The van der Waals surface area contributed by atoms with Gasteiger partial charge in [-0.2, -0.15) is 26.3 Å². The van der Waals surface area contributed by atoms with Gasteiger partial charge in [-0.15, -0.1) is 12.8 Å². The van der Waals surface area contributed by atoms with Crippen molar-refractivity contribution < 1.29 is 26.3 Å². The zero-order valence-electron chi connectivity index (χ0n) is 16.0. The molecular formula is C26H10F6. The highest BCUT2D eigenvalue weighted by Gasteiger charge is 2.34. The second-order valence-corrected chi connectivity index (χ2v) is 7.50. The second kappa shape index (κ2) is 6.31. The summed E-state index contributed by atoms with van der Waals surface area (Å²) in [5, 5.41) is 1.09. The minimum absolute atomic E-state index is 0.288. The van der Waals surface area contributed by atoms with E-state index in [9.17, 15) is 26.3 Å². The molecule has 2 aliphatic rings. The van der Waals surface area contributed by atoms with E-state index in [0.29, 0.717) is 43.8 Å². The fraction of sp³-hybridized carbons (Fsp3) is 0.0769. The summed E-state index contributed by atoms with van der Waals surface area (Å²) in [5.41, 5.74) is 1.77. The Morgan fingerprint density at radius 1 is 0.500 bits per heavy atom. The number of rotatable bonds is 0. The summed E-state index contributed by atoms with van der Waals surface area (Å²) in [4.78, 5) is 0. The Morgan fingerprint density at radius 3 is 1.19 bits per heavy atom. The normalized spacial score (nSPS) is 13.8. The van der Waals surface area contributed by atoms with Crippen molar-refractivity contribution in [2.75, 3.05) is 0 Å². The first-order chi connectivity index (χ1) is 15.0. The molecule has 5 rings (SSSR count). The molecule has 0 saturated carbocycles. The fourth-order valence-corrected chi connectivity index (χ4v) is 4.38. The van der Waals surface area contributed by atoms with Crippen LogP contribution in [-0.2, 0) is 12.4 Å². The van der Waals surface area contributed by atoms with Gasteiger partial charge in [-0.1, -0.05) is 24.0 Å². The van der Waals surface area contributed by atoms with Crippen LogP contribution in [0.15, 0.2) is 48.5 Å². The molecule has 0 aromatic heterocycles. The Hall–Kier alpha value is -3.90. The molecule has 0 atom stereocenters. The largest absolute Gasteiger partial charge is 0.416 e. The van der Waals surface area contributed by atoms with Crippen LogP contribution in [0, 0.1) is 24.7 Å². The number of terminal acetylenes is 2. The molecule has 0 heterocycles. The topological polar surface area (TPSA) is 0 Å². The van der Waals surface area contributed by atoms with Gasteiger partial charge >= 0.3 is 12.4 Å². The molecular weight excluding hydrogens is 426 g/mol. The smallest absolute Gasteiger partial charge is 0.166 e. The van der Waals surface area contributed by atoms with Crippen LogP contribution in [0.4, 0.5) is 26.3 Å². The lowest BCUT2D eigenvalue weighted by Gasteiger charge is -2.09. The van der Waals surface area contributed by atoms with Crippen molar-refractivity contribution in [1.82, 2.24) is 0 Å². The summed E-state index contributed by atoms with van der Waals surface area (Å²) in [7, 11) is 0. The number of benzene rings is 3. The van der Waals surface area contributed by atoms with Gasteiger partial charge in [-0.25, -0.2) is 0 Å². The Bertz CT molecular complexity index is 1430. The van der Waals surface area contributed by atoms with E-state index >= 15 is 0 Å². The molecule has 0 nitrogen and oxygen atoms in total. The van der Waals surface area contributed by atoms with E-state index < -0.39 is 23.5 Å². The molecule has 3 aromatic rings. The molecule has 0 bridgehead atoms. The van der Waals surface area contributed by atoms with Crippen LogP contribution in [0.2, 0.25) is 0 Å². The molecule has 0 amide bonds. The van der Waals surface area contributed by atoms with E-state index in [0.717, 1.165) is 24.3 Å². The third-order valence-electron chi connectivity index (χ3n) is 5.80. The number of hydrogen-bond donors (Lipinski definition) is 0. The van der Waals surface area contributed by atoms with Crippen molar-refractivity contribution in [2.24, 2.45) is 0 Å². The van der Waals surface area contributed by atoms with Crippen LogP contribution in [0.5, 0.6) is 0 Å². The van der Waals surface area contributed by atoms with Crippen LogP contribution >= 0.6 is 0 Å². The molecule has 0 aliphatic heterocycles. The standard InChI is InChI=1S/C26H10F6/c1-3-15-19-9-13(25(27,28)29)5-7-17(19)23-12-22-16(4-2)20-10-14(26(30,31)32)6-8-18(20)24(22)11-21(15)23/h1-2,5-12H. The Labute approximate surface area is 178 Å². The molecule has 6 heteroatoms. The van der Waals surface area contributed by atoms with Crippen molar-refractivity contribution in [3.8, 4) is 46.9 Å². The van der Waals surface area contributed by atoms with Crippen molar-refractivity contribution in [1.29, 1.82) is 0 Å². The lowest BCUT2D eigenvalue weighted by molar-refractivity contribution is -0.138. The molecule has 0 fully saturated rings. The van der Waals surface area contributed by atoms with Gasteiger partial charge in [0.25, 0.3) is 0 Å². The first-order valence-corrected chi connectivity index (χ1v) is 9.34. The maximum absolute atomic E-state index is 13.2. The van der Waals surface area contributed by atoms with Crippen LogP contribution in [0.1, 0.15) is 22.3 Å². The summed E-state index contributed by atoms with van der Waals surface area (Å²) in [6.07, 6.45) is 2.26. The van der Waals surface area contributed by atoms with Crippen LogP contribution in [-0.4, -0.2) is 0 Å². The lowest BCUT2D eigenvalue weighted by atomic mass is 9.98.